The predicted molar refractivity (Wildman–Crippen MR) is 88.3 cm³/mol. The van der Waals surface area contributed by atoms with E-state index in [0.717, 1.165) is 11.1 Å². The number of para-hydroxylation sites is 1. The zero-order valence-corrected chi connectivity index (χ0v) is 12.5. The van der Waals surface area contributed by atoms with Crippen LogP contribution in [0.4, 0.5) is 0 Å². The maximum absolute atomic E-state index is 12.3. The van der Waals surface area contributed by atoms with Crippen LogP contribution in [0.1, 0.15) is 10.4 Å². The van der Waals surface area contributed by atoms with Crippen molar-refractivity contribution in [3.8, 4) is 16.9 Å². The SMILES string of the molecule is O=C(Oc1ccccc1-c1ccccc1)c1cccc(Cl)c1. The number of ether oxygens (including phenoxy) is 1. The van der Waals surface area contributed by atoms with Gasteiger partial charge in [-0.2, -0.15) is 0 Å². The Morgan fingerprint density at radius 3 is 2.32 bits per heavy atom. The molecule has 0 aliphatic rings. The van der Waals surface area contributed by atoms with E-state index in [2.05, 4.69) is 0 Å². The van der Waals surface area contributed by atoms with Gasteiger partial charge in [-0.05, 0) is 29.8 Å². The quantitative estimate of drug-likeness (QED) is 0.489. The van der Waals surface area contributed by atoms with E-state index in [1.54, 1.807) is 30.3 Å². The summed E-state index contributed by atoms with van der Waals surface area (Å²) in [6.07, 6.45) is 0. The van der Waals surface area contributed by atoms with Crippen molar-refractivity contribution >= 4 is 17.6 Å². The molecular formula is C19H13ClO2. The molecule has 3 aromatic rings. The van der Waals surface area contributed by atoms with Gasteiger partial charge in [0.05, 0.1) is 5.56 Å². The molecule has 0 bridgehead atoms. The fraction of sp³-hybridized carbons (Fsp3) is 0. The van der Waals surface area contributed by atoms with Crippen molar-refractivity contribution < 1.29 is 9.53 Å². The molecule has 3 heteroatoms. The summed E-state index contributed by atoms with van der Waals surface area (Å²) >= 11 is 5.91. The molecule has 0 atom stereocenters. The summed E-state index contributed by atoms with van der Waals surface area (Å²) in [5, 5.41) is 0.505. The van der Waals surface area contributed by atoms with Gasteiger partial charge in [0, 0.05) is 10.6 Å². The smallest absolute Gasteiger partial charge is 0.343 e. The second-order valence-corrected chi connectivity index (χ2v) is 5.20. The summed E-state index contributed by atoms with van der Waals surface area (Å²) in [5.74, 6) is 0.101. The van der Waals surface area contributed by atoms with E-state index in [9.17, 15) is 4.79 Å². The fourth-order valence-electron chi connectivity index (χ4n) is 2.19. The van der Waals surface area contributed by atoms with Crippen LogP contribution < -0.4 is 4.74 Å². The second-order valence-electron chi connectivity index (χ2n) is 4.76. The molecule has 2 nitrogen and oxygen atoms in total. The second kappa shape index (κ2) is 6.46. The van der Waals surface area contributed by atoms with Crippen LogP contribution >= 0.6 is 11.6 Å². The average molecular weight is 309 g/mol. The van der Waals surface area contributed by atoms with Crippen molar-refractivity contribution in [2.45, 2.75) is 0 Å². The lowest BCUT2D eigenvalue weighted by molar-refractivity contribution is 0.0735. The molecule has 0 aliphatic heterocycles. The van der Waals surface area contributed by atoms with Crippen molar-refractivity contribution in [2.24, 2.45) is 0 Å². The van der Waals surface area contributed by atoms with Crippen LogP contribution in [0.5, 0.6) is 5.75 Å². The van der Waals surface area contributed by atoms with Crippen LogP contribution in [0.3, 0.4) is 0 Å². The maximum Gasteiger partial charge on any atom is 0.343 e. The van der Waals surface area contributed by atoms with E-state index in [-0.39, 0.29) is 0 Å². The first-order chi connectivity index (χ1) is 10.7. The Hall–Kier alpha value is -2.58. The molecule has 0 heterocycles. The first kappa shape index (κ1) is 14.4. The van der Waals surface area contributed by atoms with Gasteiger partial charge in [-0.25, -0.2) is 4.79 Å². The molecule has 0 aromatic heterocycles. The van der Waals surface area contributed by atoms with E-state index < -0.39 is 5.97 Å². The van der Waals surface area contributed by atoms with Crippen molar-refractivity contribution in [3.05, 3.63) is 89.4 Å². The minimum absolute atomic E-state index is 0.425. The summed E-state index contributed by atoms with van der Waals surface area (Å²) in [6.45, 7) is 0. The van der Waals surface area contributed by atoms with Gasteiger partial charge < -0.3 is 4.74 Å². The molecule has 3 rings (SSSR count). The minimum atomic E-state index is -0.425. The average Bonchev–Trinajstić information content (AvgIpc) is 2.56. The summed E-state index contributed by atoms with van der Waals surface area (Å²) in [7, 11) is 0. The van der Waals surface area contributed by atoms with Crippen LogP contribution in [0, 0.1) is 0 Å². The number of hydrogen-bond acceptors (Lipinski definition) is 2. The Bertz CT molecular complexity index is 797. The van der Waals surface area contributed by atoms with Crippen molar-refractivity contribution in [2.75, 3.05) is 0 Å². The molecule has 0 amide bonds. The lowest BCUT2D eigenvalue weighted by Crippen LogP contribution is -2.09. The molecule has 0 N–H and O–H groups in total. The Kier molecular flexibility index (Phi) is 4.22. The first-order valence-corrected chi connectivity index (χ1v) is 7.24. The molecule has 108 valence electrons. The molecular weight excluding hydrogens is 296 g/mol. The van der Waals surface area contributed by atoms with Crippen molar-refractivity contribution in [1.82, 2.24) is 0 Å². The van der Waals surface area contributed by atoms with Gasteiger partial charge in [-0.15, -0.1) is 0 Å². The van der Waals surface area contributed by atoms with Crippen LogP contribution in [-0.2, 0) is 0 Å². The summed E-state index contributed by atoms with van der Waals surface area (Å²) in [4.78, 5) is 12.3. The lowest BCUT2D eigenvalue weighted by atomic mass is 10.0. The van der Waals surface area contributed by atoms with E-state index in [1.165, 1.54) is 0 Å². The molecule has 0 saturated carbocycles. The van der Waals surface area contributed by atoms with Crippen LogP contribution in [-0.4, -0.2) is 5.97 Å². The Morgan fingerprint density at radius 2 is 1.55 bits per heavy atom. The molecule has 0 fully saturated rings. The molecule has 0 unspecified atom stereocenters. The third-order valence-electron chi connectivity index (χ3n) is 3.23. The first-order valence-electron chi connectivity index (χ1n) is 6.86. The van der Waals surface area contributed by atoms with Gasteiger partial charge in [0.1, 0.15) is 5.75 Å². The standard InChI is InChI=1S/C19H13ClO2/c20-16-10-6-9-15(13-16)19(21)22-18-12-5-4-11-17(18)14-7-2-1-3-8-14/h1-13H. The van der Waals surface area contributed by atoms with E-state index >= 15 is 0 Å². The zero-order chi connectivity index (χ0) is 15.4. The molecule has 0 spiro atoms. The Balaban J connectivity index is 1.92. The third-order valence-corrected chi connectivity index (χ3v) is 3.47. The highest BCUT2D eigenvalue weighted by atomic mass is 35.5. The zero-order valence-electron chi connectivity index (χ0n) is 11.7. The van der Waals surface area contributed by atoms with E-state index in [4.69, 9.17) is 16.3 Å². The maximum atomic E-state index is 12.3. The van der Waals surface area contributed by atoms with Gasteiger partial charge in [-0.3, -0.25) is 0 Å². The molecule has 0 radical (unpaired) electrons. The molecule has 0 saturated heterocycles. The minimum Gasteiger partial charge on any atom is -0.422 e. The topological polar surface area (TPSA) is 26.3 Å². The van der Waals surface area contributed by atoms with Gasteiger partial charge in [0.15, 0.2) is 0 Å². The van der Waals surface area contributed by atoms with E-state index in [0.29, 0.717) is 16.3 Å². The van der Waals surface area contributed by atoms with E-state index in [1.807, 2.05) is 48.5 Å². The lowest BCUT2D eigenvalue weighted by Gasteiger charge is -2.10. The Morgan fingerprint density at radius 1 is 0.818 bits per heavy atom. The number of carbonyl (C=O) groups is 1. The molecule has 22 heavy (non-hydrogen) atoms. The molecule has 3 aromatic carbocycles. The summed E-state index contributed by atoms with van der Waals surface area (Å²) < 4.78 is 5.54. The van der Waals surface area contributed by atoms with Gasteiger partial charge in [0.2, 0.25) is 0 Å². The van der Waals surface area contributed by atoms with Crippen molar-refractivity contribution in [3.63, 3.8) is 0 Å². The fourth-order valence-corrected chi connectivity index (χ4v) is 2.38. The third kappa shape index (κ3) is 3.18. The number of rotatable bonds is 3. The highest BCUT2D eigenvalue weighted by molar-refractivity contribution is 6.30. The molecule has 0 aliphatic carbocycles. The predicted octanol–water partition coefficient (Wildman–Crippen LogP) is 5.23. The normalized spacial score (nSPS) is 10.2. The van der Waals surface area contributed by atoms with Crippen LogP contribution in [0.15, 0.2) is 78.9 Å². The van der Waals surface area contributed by atoms with Crippen molar-refractivity contribution in [1.29, 1.82) is 0 Å². The Labute approximate surface area is 133 Å². The number of benzene rings is 3. The monoisotopic (exact) mass is 308 g/mol. The van der Waals surface area contributed by atoms with Gasteiger partial charge >= 0.3 is 5.97 Å². The number of hydrogen-bond donors (Lipinski definition) is 0. The largest absolute Gasteiger partial charge is 0.422 e. The number of esters is 1. The van der Waals surface area contributed by atoms with Crippen LogP contribution in [0.2, 0.25) is 5.02 Å². The number of carbonyl (C=O) groups excluding carboxylic acids is 1. The highest BCUT2D eigenvalue weighted by Gasteiger charge is 2.12. The summed E-state index contributed by atoms with van der Waals surface area (Å²) in [6, 6.07) is 24.0. The summed E-state index contributed by atoms with van der Waals surface area (Å²) in [5.41, 5.74) is 2.30. The van der Waals surface area contributed by atoms with Gasteiger partial charge in [-0.1, -0.05) is 66.2 Å². The number of halogens is 1. The van der Waals surface area contributed by atoms with Gasteiger partial charge in [0.25, 0.3) is 0 Å². The highest BCUT2D eigenvalue weighted by Crippen LogP contribution is 2.30. The van der Waals surface area contributed by atoms with Crippen LogP contribution in [0.25, 0.3) is 11.1 Å².